The monoisotopic (exact) mass is 310 g/mol. The summed E-state index contributed by atoms with van der Waals surface area (Å²) in [7, 11) is 0. The molecule has 1 aromatic rings. The summed E-state index contributed by atoms with van der Waals surface area (Å²) in [4.78, 5) is 11.7. The molecule has 2 nitrogen and oxygen atoms in total. The first kappa shape index (κ1) is 13.6. The second-order valence-corrected chi connectivity index (χ2v) is 7.19. The van der Waals surface area contributed by atoms with Crippen LogP contribution >= 0.6 is 15.9 Å². The molecule has 1 saturated carbocycles. The number of halogens is 1. The van der Waals surface area contributed by atoms with Crippen LogP contribution in [0.3, 0.4) is 0 Å². The fourth-order valence-electron chi connectivity index (χ4n) is 2.75. The number of hydrogen-bond acceptors (Lipinski definition) is 1. The van der Waals surface area contributed by atoms with Gasteiger partial charge in [-0.2, -0.15) is 0 Å². The van der Waals surface area contributed by atoms with Crippen molar-refractivity contribution in [3.8, 4) is 0 Å². The average Bonchev–Trinajstić information content (AvgIpc) is 2.16. The highest BCUT2D eigenvalue weighted by atomic mass is 79.9. The first-order valence-electron chi connectivity index (χ1n) is 6.26. The zero-order chi connectivity index (χ0) is 13.6. The summed E-state index contributed by atoms with van der Waals surface area (Å²) in [6, 6.07) is 7.68. The van der Waals surface area contributed by atoms with Crippen LogP contribution in [0.2, 0.25) is 0 Å². The molecule has 0 radical (unpaired) electrons. The van der Waals surface area contributed by atoms with Crippen LogP contribution in [0.5, 0.6) is 0 Å². The van der Waals surface area contributed by atoms with Gasteiger partial charge in [-0.05, 0) is 35.8 Å². The molecule has 1 aliphatic carbocycles. The molecule has 98 valence electrons. The lowest BCUT2D eigenvalue weighted by Crippen LogP contribution is -2.51. The van der Waals surface area contributed by atoms with Crippen LogP contribution in [-0.2, 0) is 10.2 Å². The van der Waals surface area contributed by atoms with Crippen molar-refractivity contribution in [1.29, 1.82) is 0 Å². The predicted octanol–water partition coefficient (Wildman–Crippen LogP) is 4.23. The highest BCUT2D eigenvalue weighted by Crippen LogP contribution is 2.55. The van der Waals surface area contributed by atoms with Gasteiger partial charge >= 0.3 is 5.97 Å². The third-order valence-electron chi connectivity index (χ3n) is 4.21. The van der Waals surface area contributed by atoms with Crippen molar-refractivity contribution in [2.45, 2.75) is 39.0 Å². The van der Waals surface area contributed by atoms with Crippen molar-refractivity contribution >= 4 is 21.9 Å². The standard InChI is InChI=1S/C15H19BrO2/c1-14(2,3)10-8-15(9-10,13(17)18)11-6-4-5-7-12(11)16/h4-7,10H,8-9H2,1-3H3,(H,17,18). The largest absolute Gasteiger partial charge is 0.481 e. The first-order valence-corrected chi connectivity index (χ1v) is 7.05. The predicted molar refractivity (Wildman–Crippen MR) is 75.6 cm³/mol. The van der Waals surface area contributed by atoms with E-state index in [2.05, 4.69) is 36.7 Å². The Kier molecular flexibility index (Phi) is 3.30. The molecule has 0 unspecified atom stereocenters. The number of benzene rings is 1. The molecular formula is C15H19BrO2. The summed E-state index contributed by atoms with van der Waals surface area (Å²) in [5.41, 5.74) is 0.399. The van der Waals surface area contributed by atoms with E-state index in [1.165, 1.54) is 0 Å². The third kappa shape index (κ3) is 2.09. The van der Waals surface area contributed by atoms with E-state index in [4.69, 9.17) is 0 Å². The van der Waals surface area contributed by atoms with Gasteiger partial charge in [0.2, 0.25) is 0 Å². The highest BCUT2D eigenvalue weighted by Gasteiger charge is 2.55. The summed E-state index contributed by atoms with van der Waals surface area (Å²) < 4.78 is 0.903. The molecule has 3 heteroatoms. The minimum absolute atomic E-state index is 0.181. The van der Waals surface area contributed by atoms with E-state index in [0.29, 0.717) is 5.92 Å². The van der Waals surface area contributed by atoms with Gasteiger partial charge in [0.1, 0.15) is 0 Å². The molecule has 1 fully saturated rings. The number of carbonyl (C=O) groups is 1. The van der Waals surface area contributed by atoms with Gasteiger partial charge in [-0.3, -0.25) is 4.79 Å². The summed E-state index contributed by atoms with van der Waals surface area (Å²) in [5.74, 6) is -0.226. The maximum Gasteiger partial charge on any atom is 0.314 e. The van der Waals surface area contributed by atoms with Gasteiger partial charge in [0.05, 0.1) is 5.41 Å². The topological polar surface area (TPSA) is 37.3 Å². The van der Waals surface area contributed by atoms with Crippen LogP contribution in [0, 0.1) is 11.3 Å². The van der Waals surface area contributed by atoms with Crippen LogP contribution in [0.15, 0.2) is 28.7 Å². The molecule has 0 bridgehead atoms. The molecular weight excluding hydrogens is 292 g/mol. The molecule has 0 atom stereocenters. The maximum atomic E-state index is 11.7. The van der Waals surface area contributed by atoms with E-state index in [9.17, 15) is 9.90 Å². The van der Waals surface area contributed by atoms with Gasteiger partial charge in [0.25, 0.3) is 0 Å². The minimum atomic E-state index is -0.699. The van der Waals surface area contributed by atoms with Gasteiger partial charge < -0.3 is 5.11 Å². The van der Waals surface area contributed by atoms with Crippen LogP contribution in [0.25, 0.3) is 0 Å². The van der Waals surface area contributed by atoms with E-state index in [0.717, 1.165) is 22.9 Å². The molecule has 0 saturated heterocycles. The van der Waals surface area contributed by atoms with Crippen molar-refractivity contribution in [3.63, 3.8) is 0 Å². The van der Waals surface area contributed by atoms with Crippen LogP contribution in [-0.4, -0.2) is 11.1 Å². The van der Waals surface area contributed by atoms with Crippen LogP contribution in [0.4, 0.5) is 0 Å². The average molecular weight is 311 g/mol. The minimum Gasteiger partial charge on any atom is -0.481 e. The van der Waals surface area contributed by atoms with E-state index >= 15 is 0 Å². The lowest BCUT2D eigenvalue weighted by molar-refractivity contribution is -0.152. The summed E-state index contributed by atoms with van der Waals surface area (Å²) in [5, 5.41) is 9.62. The Balaban J connectivity index is 2.34. The van der Waals surface area contributed by atoms with E-state index in [-0.39, 0.29) is 5.41 Å². The van der Waals surface area contributed by atoms with Crippen molar-refractivity contribution < 1.29 is 9.90 Å². The van der Waals surface area contributed by atoms with E-state index in [1.54, 1.807) is 0 Å². The van der Waals surface area contributed by atoms with Gasteiger partial charge in [-0.15, -0.1) is 0 Å². The van der Waals surface area contributed by atoms with Gasteiger partial charge in [-0.1, -0.05) is 54.9 Å². The number of aliphatic carboxylic acids is 1. The second kappa shape index (κ2) is 4.37. The van der Waals surface area contributed by atoms with Crippen molar-refractivity contribution in [2.24, 2.45) is 11.3 Å². The van der Waals surface area contributed by atoms with Gasteiger partial charge in [-0.25, -0.2) is 0 Å². The Hall–Kier alpha value is -0.830. The number of carboxylic acid groups (broad SMARTS) is 1. The van der Waals surface area contributed by atoms with Crippen LogP contribution < -0.4 is 0 Å². The van der Waals surface area contributed by atoms with Crippen molar-refractivity contribution in [2.75, 3.05) is 0 Å². The molecule has 0 spiro atoms. The lowest BCUT2D eigenvalue weighted by atomic mass is 9.52. The Morgan fingerprint density at radius 2 is 1.89 bits per heavy atom. The van der Waals surface area contributed by atoms with E-state index < -0.39 is 11.4 Å². The molecule has 0 amide bonds. The fourth-order valence-corrected chi connectivity index (χ4v) is 3.42. The van der Waals surface area contributed by atoms with Crippen LogP contribution in [0.1, 0.15) is 39.2 Å². The lowest BCUT2D eigenvalue weighted by Gasteiger charge is -2.50. The molecule has 2 rings (SSSR count). The summed E-state index contributed by atoms with van der Waals surface area (Å²) in [6.45, 7) is 6.55. The van der Waals surface area contributed by atoms with Gasteiger partial charge in [0.15, 0.2) is 0 Å². The SMILES string of the molecule is CC(C)(C)C1CC(C(=O)O)(c2ccccc2Br)C1. The molecule has 1 aromatic carbocycles. The van der Waals surface area contributed by atoms with Gasteiger partial charge in [0, 0.05) is 4.47 Å². The molecule has 0 heterocycles. The Bertz CT molecular complexity index is 468. The molecule has 1 N–H and O–H groups in total. The normalized spacial score (nSPS) is 27.7. The zero-order valence-corrected chi connectivity index (χ0v) is 12.6. The molecule has 0 aromatic heterocycles. The smallest absolute Gasteiger partial charge is 0.314 e. The first-order chi connectivity index (χ1) is 8.27. The number of rotatable bonds is 2. The highest BCUT2D eigenvalue weighted by molar-refractivity contribution is 9.10. The zero-order valence-electron chi connectivity index (χ0n) is 11.0. The Morgan fingerprint density at radius 3 is 2.33 bits per heavy atom. The molecule has 18 heavy (non-hydrogen) atoms. The summed E-state index contributed by atoms with van der Waals surface area (Å²) >= 11 is 3.48. The Morgan fingerprint density at radius 1 is 1.33 bits per heavy atom. The van der Waals surface area contributed by atoms with E-state index in [1.807, 2.05) is 24.3 Å². The van der Waals surface area contributed by atoms with Crippen molar-refractivity contribution in [3.05, 3.63) is 34.3 Å². The third-order valence-corrected chi connectivity index (χ3v) is 4.90. The molecule has 0 aliphatic heterocycles. The van der Waals surface area contributed by atoms with Crippen molar-refractivity contribution in [1.82, 2.24) is 0 Å². The quantitative estimate of drug-likeness (QED) is 0.887. The second-order valence-electron chi connectivity index (χ2n) is 6.34. The number of carboxylic acids is 1. The Labute approximate surface area is 117 Å². The fraction of sp³-hybridized carbons (Fsp3) is 0.533. The summed E-state index contributed by atoms with van der Waals surface area (Å²) in [6.07, 6.45) is 1.46. The maximum absolute atomic E-state index is 11.7. The number of hydrogen-bond donors (Lipinski definition) is 1. The molecule has 1 aliphatic rings.